The molecule has 0 radical (unpaired) electrons. The van der Waals surface area contributed by atoms with E-state index >= 15 is 0 Å². The molecule has 8 heteroatoms. The van der Waals surface area contributed by atoms with Crippen LogP contribution < -0.4 is 10.6 Å². The quantitative estimate of drug-likeness (QED) is 0.710. The Balaban J connectivity index is 1.19. The molecule has 2 fully saturated rings. The molecule has 1 aliphatic carbocycles. The lowest BCUT2D eigenvalue weighted by Gasteiger charge is -2.33. The summed E-state index contributed by atoms with van der Waals surface area (Å²) in [6, 6.07) is 8.71. The number of carbonyl (C=O) groups excluding carboxylic acids is 3. The van der Waals surface area contributed by atoms with Crippen LogP contribution in [0, 0.1) is 12.3 Å². The Bertz CT molecular complexity index is 1160. The maximum absolute atomic E-state index is 13.0. The van der Waals surface area contributed by atoms with Gasteiger partial charge in [0.05, 0.1) is 10.0 Å². The van der Waals surface area contributed by atoms with Crippen LogP contribution in [0.4, 0.5) is 0 Å². The predicted molar refractivity (Wildman–Crippen MR) is 122 cm³/mol. The number of nitrogens with one attached hydrogen (secondary N) is 2. The first kappa shape index (κ1) is 21.3. The molecule has 2 N–H and O–H groups in total. The van der Waals surface area contributed by atoms with Crippen LogP contribution in [0.3, 0.4) is 0 Å². The van der Waals surface area contributed by atoms with E-state index in [9.17, 15) is 14.4 Å². The highest BCUT2D eigenvalue weighted by molar-refractivity contribution is 6.42. The predicted octanol–water partition coefficient (Wildman–Crippen LogP) is 3.97. The number of hydrogen-bond donors (Lipinski definition) is 2. The van der Waals surface area contributed by atoms with Gasteiger partial charge in [0.25, 0.3) is 17.7 Å². The number of halogens is 2. The molecule has 2 aromatic rings. The summed E-state index contributed by atoms with van der Waals surface area (Å²) in [5, 5.41) is 6.73. The molecule has 32 heavy (non-hydrogen) atoms. The average Bonchev–Trinajstić information content (AvgIpc) is 3.29. The van der Waals surface area contributed by atoms with E-state index in [0.29, 0.717) is 46.4 Å². The van der Waals surface area contributed by atoms with E-state index in [1.54, 1.807) is 24.3 Å². The van der Waals surface area contributed by atoms with Gasteiger partial charge in [-0.3, -0.25) is 14.4 Å². The maximum Gasteiger partial charge on any atom is 0.253 e. The number of likely N-dealkylation sites (tertiary alicyclic amines) is 1. The molecular formula is C24H23Cl2N3O3. The Hall–Kier alpha value is -2.57. The van der Waals surface area contributed by atoms with Gasteiger partial charge in [-0.15, -0.1) is 0 Å². The van der Waals surface area contributed by atoms with Crippen molar-refractivity contribution in [2.45, 2.75) is 38.8 Å². The number of hydrogen-bond acceptors (Lipinski definition) is 3. The van der Waals surface area contributed by atoms with Gasteiger partial charge in [0, 0.05) is 42.4 Å². The van der Waals surface area contributed by atoms with E-state index in [0.717, 1.165) is 30.4 Å². The zero-order valence-corrected chi connectivity index (χ0v) is 19.1. The van der Waals surface area contributed by atoms with Gasteiger partial charge < -0.3 is 15.5 Å². The van der Waals surface area contributed by atoms with E-state index < -0.39 is 0 Å². The van der Waals surface area contributed by atoms with Crippen LogP contribution >= 0.6 is 23.2 Å². The second-order valence-corrected chi connectivity index (χ2v) is 9.83. The summed E-state index contributed by atoms with van der Waals surface area (Å²) in [5.41, 5.74) is 3.53. The Kier molecular flexibility index (Phi) is 5.18. The van der Waals surface area contributed by atoms with Gasteiger partial charge in [0.2, 0.25) is 0 Å². The van der Waals surface area contributed by atoms with Crippen molar-refractivity contribution in [3.8, 4) is 0 Å². The fourth-order valence-electron chi connectivity index (χ4n) is 4.93. The molecule has 2 aromatic carbocycles. The van der Waals surface area contributed by atoms with E-state index in [4.69, 9.17) is 23.2 Å². The first-order valence-electron chi connectivity index (χ1n) is 10.7. The number of fused-ring (bicyclic) bond motifs is 1. The maximum atomic E-state index is 13.0. The van der Waals surface area contributed by atoms with Crippen LogP contribution in [0.1, 0.15) is 61.5 Å². The van der Waals surface area contributed by atoms with Crippen molar-refractivity contribution in [3.63, 3.8) is 0 Å². The molecule has 1 saturated carbocycles. The first-order chi connectivity index (χ1) is 15.3. The minimum absolute atomic E-state index is 0.00494. The van der Waals surface area contributed by atoms with Crippen LogP contribution in [-0.2, 0) is 6.54 Å². The van der Waals surface area contributed by atoms with E-state index in [2.05, 4.69) is 10.6 Å². The minimum atomic E-state index is -0.136. The molecule has 6 nitrogen and oxygen atoms in total. The second-order valence-electron chi connectivity index (χ2n) is 9.02. The molecule has 1 spiro atoms. The second kappa shape index (κ2) is 7.78. The van der Waals surface area contributed by atoms with Crippen LogP contribution in [-0.4, -0.2) is 41.8 Å². The van der Waals surface area contributed by atoms with Crippen molar-refractivity contribution in [1.82, 2.24) is 15.5 Å². The molecule has 5 rings (SSSR count). The standard InChI is InChI=1S/C24H23Cl2N3O3/c1-13-8-18(25)19(26)10-17(13)22(31)28-20-11-24(20)4-6-29(7-5-24)23(32)14-2-3-16-15(9-14)12-27-21(16)30/h2-3,8-10,20H,4-7,11-12H2,1H3,(H,27,30)(H,28,31). The van der Waals surface area contributed by atoms with Gasteiger partial charge in [-0.25, -0.2) is 0 Å². The molecule has 0 bridgehead atoms. The van der Waals surface area contributed by atoms with Gasteiger partial charge in [-0.1, -0.05) is 23.2 Å². The largest absolute Gasteiger partial charge is 0.349 e. The summed E-state index contributed by atoms with van der Waals surface area (Å²) in [4.78, 5) is 39.4. The highest BCUT2D eigenvalue weighted by Crippen LogP contribution is 2.54. The van der Waals surface area contributed by atoms with Gasteiger partial charge in [0.1, 0.15) is 0 Å². The minimum Gasteiger partial charge on any atom is -0.349 e. The summed E-state index contributed by atoms with van der Waals surface area (Å²) in [7, 11) is 0. The monoisotopic (exact) mass is 471 g/mol. The van der Waals surface area contributed by atoms with Crippen molar-refractivity contribution in [1.29, 1.82) is 0 Å². The third-order valence-corrected chi connectivity index (χ3v) is 7.81. The smallest absolute Gasteiger partial charge is 0.253 e. The number of nitrogens with zero attached hydrogens (tertiary/aromatic N) is 1. The van der Waals surface area contributed by atoms with E-state index in [-0.39, 0.29) is 29.2 Å². The van der Waals surface area contributed by atoms with E-state index in [1.807, 2.05) is 17.9 Å². The Morgan fingerprint density at radius 1 is 1.12 bits per heavy atom. The van der Waals surface area contributed by atoms with Crippen LogP contribution in [0.15, 0.2) is 30.3 Å². The fraction of sp³-hybridized carbons (Fsp3) is 0.375. The zero-order chi connectivity index (χ0) is 22.6. The summed E-state index contributed by atoms with van der Waals surface area (Å²) < 4.78 is 0. The van der Waals surface area contributed by atoms with Gasteiger partial charge >= 0.3 is 0 Å². The Morgan fingerprint density at radius 3 is 2.59 bits per heavy atom. The fourth-order valence-corrected chi connectivity index (χ4v) is 5.32. The number of benzene rings is 2. The van der Waals surface area contributed by atoms with Gasteiger partial charge in [0.15, 0.2) is 0 Å². The molecule has 3 amide bonds. The molecule has 0 aromatic heterocycles. The van der Waals surface area contributed by atoms with Crippen molar-refractivity contribution in [2.24, 2.45) is 5.41 Å². The number of amides is 3. The van der Waals surface area contributed by atoms with Crippen molar-refractivity contribution in [3.05, 3.63) is 68.2 Å². The van der Waals surface area contributed by atoms with Crippen molar-refractivity contribution < 1.29 is 14.4 Å². The lowest BCUT2D eigenvalue weighted by molar-refractivity contribution is 0.0667. The normalized spacial score (nSPS) is 20.7. The first-order valence-corrected chi connectivity index (χ1v) is 11.5. The molecular weight excluding hydrogens is 449 g/mol. The number of rotatable bonds is 3. The van der Waals surface area contributed by atoms with Crippen LogP contribution in [0.2, 0.25) is 10.0 Å². The molecule has 1 saturated heterocycles. The number of piperidine rings is 1. The average molecular weight is 472 g/mol. The van der Waals surface area contributed by atoms with Crippen LogP contribution in [0.25, 0.3) is 0 Å². The Morgan fingerprint density at radius 2 is 1.84 bits per heavy atom. The lowest BCUT2D eigenvalue weighted by atomic mass is 9.92. The molecule has 2 aliphatic heterocycles. The zero-order valence-electron chi connectivity index (χ0n) is 17.6. The molecule has 2 heterocycles. The van der Waals surface area contributed by atoms with E-state index in [1.165, 1.54) is 0 Å². The van der Waals surface area contributed by atoms with Crippen molar-refractivity contribution in [2.75, 3.05) is 13.1 Å². The van der Waals surface area contributed by atoms with Crippen molar-refractivity contribution >= 4 is 40.9 Å². The molecule has 1 unspecified atom stereocenters. The third kappa shape index (κ3) is 3.65. The molecule has 166 valence electrons. The van der Waals surface area contributed by atoms with Gasteiger partial charge in [-0.05, 0) is 73.1 Å². The summed E-state index contributed by atoms with van der Waals surface area (Å²) >= 11 is 12.1. The summed E-state index contributed by atoms with van der Waals surface area (Å²) in [5.74, 6) is -0.228. The lowest BCUT2D eigenvalue weighted by Crippen LogP contribution is -2.41. The Labute approximate surface area is 196 Å². The van der Waals surface area contributed by atoms with Gasteiger partial charge in [-0.2, -0.15) is 0 Å². The third-order valence-electron chi connectivity index (χ3n) is 7.09. The topological polar surface area (TPSA) is 78.5 Å². The number of aryl methyl sites for hydroxylation is 1. The summed E-state index contributed by atoms with van der Waals surface area (Å²) in [6.45, 7) is 3.63. The van der Waals surface area contributed by atoms with Crippen LogP contribution in [0.5, 0.6) is 0 Å². The number of carbonyl (C=O) groups is 3. The molecule has 1 atom stereocenters. The highest BCUT2D eigenvalue weighted by atomic mass is 35.5. The summed E-state index contributed by atoms with van der Waals surface area (Å²) in [6.07, 6.45) is 2.64. The highest BCUT2D eigenvalue weighted by Gasteiger charge is 2.56. The molecule has 3 aliphatic rings. The SMILES string of the molecule is Cc1cc(Cl)c(Cl)cc1C(=O)NC1CC12CCN(C(=O)c1ccc3c(c1)CNC3=O)CC2.